The number of carbonyl (C=O) groups excluding carboxylic acids is 1. The van der Waals surface area contributed by atoms with Crippen molar-refractivity contribution >= 4 is 11.7 Å². The Labute approximate surface area is 127 Å². The van der Waals surface area contributed by atoms with Crippen molar-refractivity contribution in [3.8, 4) is 11.5 Å². The van der Waals surface area contributed by atoms with Crippen molar-refractivity contribution in [3.05, 3.63) is 54.1 Å². The Morgan fingerprint density at radius 3 is 2.55 bits per heavy atom. The minimum Gasteiger partial charge on any atom is -0.469 e. The third-order valence-corrected chi connectivity index (χ3v) is 4.06. The van der Waals surface area contributed by atoms with E-state index in [2.05, 4.69) is 5.32 Å². The Balaban J connectivity index is 1.87. The summed E-state index contributed by atoms with van der Waals surface area (Å²) in [6.45, 7) is 0. The van der Waals surface area contributed by atoms with Gasteiger partial charge in [-0.25, -0.2) is 0 Å². The van der Waals surface area contributed by atoms with Gasteiger partial charge in [-0.05, 0) is 18.2 Å². The van der Waals surface area contributed by atoms with E-state index in [0.29, 0.717) is 5.75 Å². The van der Waals surface area contributed by atoms with Crippen molar-refractivity contribution in [3.63, 3.8) is 0 Å². The van der Waals surface area contributed by atoms with Crippen LogP contribution in [0, 0.1) is 5.92 Å². The molecule has 1 N–H and O–H groups in total. The maximum atomic E-state index is 12.3. The number of hydrogen-bond donors (Lipinski definition) is 1. The Morgan fingerprint density at radius 1 is 1.05 bits per heavy atom. The molecule has 2 bridgehead atoms. The van der Waals surface area contributed by atoms with Crippen molar-refractivity contribution in [1.82, 2.24) is 0 Å². The number of anilines is 1. The molecule has 0 spiro atoms. The van der Waals surface area contributed by atoms with Gasteiger partial charge in [0.05, 0.1) is 18.8 Å². The molecule has 22 heavy (non-hydrogen) atoms. The zero-order chi connectivity index (χ0) is 15.1. The number of benzene rings is 2. The van der Waals surface area contributed by atoms with E-state index in [1.165, 1.54) is 7.11 Å². The molecule has 0 aromatic heterocycles. The van der Waals surface area contributed by atoms with Crippen molar-refractivity contribution in [2.75, 3.05) is 12.4 Å². The number of ether oxygens (including phenoxy) is 3. The Bertz CT molecular complexity index is 730. The molecule has 0 saturated carbocycles. The Kier molecular flexibility index (Phi) is 2.92. The highest BCUT2D eigenvalue weighted by Gasteiger charge is 2.47. The molecule has 2 aliphatic rings. The van der Waals surface area contributed by atoms with Crippen LogP contribution in [0.4, 0.5) is 5.69 Å². The summed E-state index contributed by atoms with van der Waals surface area (Å²) >= 11 is 0. The fourth-order valence-corrected chi connectivity index (χ4v) is 3.02. The van der Waals surface area contributed by atoms with Crippen LogP contribution in [-0.4, -0.2) is 19.4 Å². The SMILES string of the molecule is COC(=O)[C@@H]1[C@@H]2Oc3ccccc3N[C@H]1c1ccccc1O2. The molecule has 2 aliphatic heterocycles. The maximum absolute atomic E-state index is 12.3. The van der Waals surface area contributed by atoms with E-state index >= 15 is 0 Å². The zero-order valence-electron chi connectivity index (χ0n) is 12.0. The first-order valence-corrected chi connectivity index (χ1v) is 7.13. The van der Waals surface area contributed by atoms with Crippen LogP contribution in [0.5, 0.6) is 11.5 Å². The molecule has 0 saturated heterocycles. The quantitative estimate of drug-likeness (QED) is 0.820. The predicted octanol–water partition coefficient (Wildman–Crippen LogP) is 2.74. The fourth-order valence-electron chi connectivity index (χ4n) is 3.02. The van der Waals surface area contributed by atoms with Crippen LogP contribution in [0.25, 0.3) is 0 Å². The van der Waals surface area contributed by atoms with Gasteiger partial charge in [0, 0.05) is 5.56 Å². The van der Waals surface area contributed by atoms with Gasteiger partial charge in [-0.15, -0.1) is 0 Å². The van der Waals surface area contributed by atoms with Crippen LogP contribution in [-0.2, 0) is 9.53 Å². The van der Waals surface area contributed by atoms with Gasteiger partial charge in [0.2, 0.25) is 0 Å². The average molecular weight is 297 g/mol. The lowest BCUT2D eigenvalue weighted by atomic mass is 9.89. The number of fused-ring (bicyclic) bond motifs is 5. The van der Waals surface area contributed by atoms with Gasteiger partial charge in [-0.1, -0.05) is 30.3 Å². The largest absolute Gasteiger partial charge is 0.469 e. The van der Waals surface area contributed by atoms with E-state index in [-0.39, 0.29) is 12.0 Å². The maximum Gasteiger partial charge on any atom is 0.318 e. The van der Waals surface area contributed by atoms with E-state index in [9.17, 15) is 4.79 Å². The first-order valence-electron chi connectivity index (χ1n) is 7.13. The second-order valence-electron chi connectivity index (χ2n) is 5.31. The summed E-state index contributed by atoms with van der Waals surface area (Å²) in [6.07, 6.45) is -0.719. The Hall–Kier alpha value is -2.69. The normalized spacial score (nSPS) is 24.5. The zero-order valence-corrected chi connectivity index (χ0v) is 12.0. The minimum atomic E-state index is -0.719. The summed E-state index contributed by atoms with van der Waals surface area (Å²) in [6, 6.07) is 15.0. The summed E-state index contributed by atoms with van der Waals surface area (Å²) < 4.78 is 16.8. The topological polar surface area (TPSA) is 56.8 Å². The number of para-hydroxylation sites is 3. The fraction of sp³-hybridized carbons (Fsp3) is 0.235. The van der Waals surface area contributed by atoms with Crippen molar-refractivity contribution < 1.29 is 19.0 Å². The molecule has 0 fully saturated rings. The van der Waals surface area contributed by atoms with E-state index < -0.39 is 12.2 Å². The smallest absolute Gasteiger partial charge is 0.318 e. The van der Waals surface area contributed by atoms with Gasteiger partial charge >= 0.3 is 5.97 Å². The number of rotatable bonds is 1. The number of carbonyl (C=O) groups is 1. The van der Waals surface area contributed by atoms with Crippen LogP contribution >= 0.6 is 0 Å². The Morgan fingerprint density at radius 2 is 1.73 bits per heavy atom. The molecule has 0 radical (unpaired) electrons. The van der Waals surface area contributed by atoms with Crippen LogP contribution < -0.4 is 14.8 Å². The van der Waals surface area contributed by atoms with Gasteiger partial charge in [0.1, 0.15) is 11.5 Å². The molecule has 3 atom stereocenters. The molecule has 2 aromatic rings. The summed E-state index contributed by atoms with van der Waals surface area (Å²) in [5.41, 5.74) is 1.76. The summed E-state index contributed by atoms with van der Waals surface area (Å²) in [5.74, 6) is 0.451. The van der Waals surface area contributed by atoms with Crippen molar-refractivity contribution in [2.24, 2.45) is 5.92 Å². The van der Waals surface area contributed by atoms with Crippen molar-refractivity contribution in [2.45, 2.75) is 12.3 Å². The molecule has 2 heterocycles. The molecule has 112 valence electrons. The van der Waals surface area contributed by atoms with E-state index in [1.54, 1.807) is 0 Å². The van der Waals surface area contributed by atoms with Gasteiger partial charge < -0.3 is 19.5 Å². The second kappa shape index (κ2) is 4.94. The van der Waals surface area contributed by atoms with Crippen LogP contribution in [0.2, 0.25) is 0 Å². The van der Waals surface area contributed by atoms with Gasteiger partial charge in [-0.2, -0.15) is 0 Å². The van der Waals surface area contributed by atoms with Crippen LogP contribution in [0.15, 0.2) is 48.5 Å². The van der Waals surface area contributed by atoms with Crippen LogP contribution in [0.1, 0.15) is 11.6 Å². The molecular weight excluding hydrogens is 282 g/mol. The van der Waals surface area contributed by atoms with Gasteiger partial charge in [-0.3, -0.25) is 4.79 Å². The van der Waals surface area contributed by atoms with Gasteiger partial charge in [0.15, 0.2) is 5.92 Å². The average Bonchev–Trinajstić information content (AvgIpc) is 2.67. The highest BCUT2D eigenvalue weighted by Crippen LogP contribution is 2.45. The lowest BCUT2D eigenvalue weighted by Crippen LogP contribution is -2.45. The lowest BCUT2D eigenvalue weighted by Gasteiger charge is -2.35. The summed E-state index contributed by atoms with van der Waals surface area (Å²) in [5, 5.41) is 3.41. The first kappa shape index (κ1) is 13.0. The highest BCUT2D eigenvalue weighted by molar-refractivity contribution is 5.77. The molecule has 5 nitrogen and oxygen atoms in total. The first-order chi connectivity index (χ1) is 10.8. The standard InChI is InChI=1S/C17H15NO4/c1-20-16(19)14-15-10-6-2-4-8-12(10)21-17(14)22-13-9-5-3-7-11(13)18-15/h2-9,14-15,17-18H,1H3/t14-,15+,17+/m1/s1. The van der Waals surface area contributed by atoms with E-state index in [0.717, 1.165) is 17.0 Å². The van der Waals surface area contributed by atoms with Gasteiger partial charge in [0.25, 0.3) is 6.29 Å². The minimum absolute atomic E-state index is 0.258. The lowest BCUT2D eigenvalue weighted by molar-refractivity contribution is -0.159. The molecule has 5 heteroatoms. The van der Waals surface area contributed by atoms with E-state index in [4.69, 9.17) is 14.2 Å². The number of methoxy groups -OCH3 is 1. The predicted molar refractivity (Wildman–Crippen MR) is 79.8 cm³/mol. The summed E-state index contributed by atoms with van der Waals surface area (Å²) in [4.78, 5) is 12.3. The monoisotopic (exact) mass is 297 g/mol. The molecular formula is C17H15NO4. The molecule has 0 unspecified atom stereocenters. The number of esters is 1. The molecule has 4 rings (SSSR count). The molecule has 0 amide bonds. The molecule has 0 aliphatic carbocycles. The number of nitrogens with one attached hydrogen (secondary N) is 1. The summed E-state index contributed by atoms with van der Waals surface area (Å²) in [7, 11) is 1.38. The molecule has 2 aromatic carbocycles. The van der Waals surface area contributed by atoms with E-state index in [1.807, 2.05) is 48.5 Å². The third kappa shape index (κ3) is 1.89. The third-order valence-electron chi connectivity index (χ3n) is 4.06. The van der Waals surface area contributed by atoms with Crippen LogP contribution in [0.3, 0.4) is 0 Å². The number of hydrogen-bond acceptors (Lipinski definition) is 5. The second-order valence-corrected chi connectivity index (χ2v) is 5.31. The van der Waals surface area contributed by atoms with Crippen molar-refractivity contribution in [1.29, 1.82) is 0 Å². The highest BCUT2D eigenvalue weighted by atomic mass is 16.7.